The van der Waals surface area contributed by atoms with Crippen molar-refractivity contribution in [2.45, 2.75) is 31.7 Å². The zero-order valence-corrected chi connectivity index (χ0v) is 7.32. The zero-order chi connectivity index (χ0) is 9.68. The number of aliphatic carboxylic acids is 1. The molecule has 4 nitrogen and oxygen atoms in total. The minimum atomic E-state index is -0.974. The van der Waals surface area contributed by atoms with Crippen LogP contribution in [0.2, 0.25) is 0 Å². The van der Waals surface area contributed by atoms with Crippen LogP contribution in [0.5, 0.6) is 0 Å². The molecule has 1 rings (SSSR count). The van der Waals surface area contributed by atoms with Crippen molar-refractivity contribution in [3.8, 4) is 0 Å². The van der Waals surface area contributed by atoms with Gasteiger partial charge in [0.15, 0.2) is 0 Å². The molecule has 0 spiro atoms. The maximum absolute atomic E-state index is 11.0. The fraction of sp³-hybridized carbons (Fsp3) is 0.556. The predicted octanol–water partition coefficient (Wildman–Crippen LogP) is 0.686. The minimum absolute atomic E-state index is 0.0116. The Labute approximate surface area is 76.6 Å². The minimum Gasteiger partial charge on any atom is -0.478 e. The number of rotatable bonds is 2. The second-order valence-corrected chi connectivity index (χ2v) is 3.12. The lowest BCUT2D eigenvalue weighted by atomic mass is 10.1. The molecule has 0 radical (unpaired) electrons. The Balaban J connectivity index is 2.48. The third kappa shape index (κ3) is 3.73. The van der Waals surface area contributed by atoms with Crippen LogP contribution in [0.4, 0.5) is 0 Å². The maximum Gasteiger partial charge on any atom is 0.328 e. The van der Waals surface area contributed by atoms with Crippen LogP contribution in [-0.2, 0) is 9.59 Å². The van der Waals surface area contributed by atoms with E-state index in [1.807, 2.05) is 0 Å². The van der Waals surface area contributed by atoms with Gasteiger partial charge in [-0.25, -0.2) is 4.79 Å². The third-order valence-electron chi connectivity index (χ3n) is 1.99. The lowest BCUT2D eigenvalue weighted by molar-refractivity contribution is -0.131. The number of carbonyl (C=O) groups excluding carboxylic acids is 1. The topological polar surface area (TPSA) is 66.4 Å². The Morgan fingerprint density at radius 1 is 1.54 bits per heavy atom. The highest BCUT2D eigenvalue weighted by molar-refractivity contribution is 5.80. The Morgan fingerprint density at radius 3 is 3.00 bits per heavy atom. The normalized spacial score (nSPS) is 24.0. The quantitative estimate of drug-likeness (QED) is 0.619. The van der Waals surface area contributed by atoms with E-state index in [1.54, 1.807) is 0 Å². The summed E-state index contributed by atoms with van der Waals surface area (Å²) in [6.45, 7) is 0. The van der Waals surface area contributed by atoms with E-state index in [0.717, 1.165) is 25.3 Å². The molecule has 0 saturated carbocycles. The number of carboxylic acids is 1. The first-order valence-corrected chi connectivity index (χ1v) is 4.39. The molecule has 1 unspecified atom stereocenters. The molecule has 0 bridgehead atoms. The van der Waals surface area contributed by atoms with Gasteiger partial charge in [0.1, 0.15) is 0 Å². The second kappa shape index (κ2) is 4.64. The molecular formula is C9H13NO3. The molecule has 13 heavy (non-hydrogen) atoms. The molecular weight excluding hydrogens is 170 g/mol. The number of amides is 1. The lowest BCUT2D eigenvalue weighted by Gasteiger charge is -2.09. The van der Waals surface area contributed by atoms with Crippen molar-refractivity contribution in [2.75, 3.05) is 0 Å². The van der Waals surface area contributed by atoms with E-state index in [2.05, 4.69) is 5.32 Å². The smallest absolute Gasteiger partial charge is 0.328 e. The highest BCUT2D eigenvalue weighted by Crippen LogP contribution is 2.09. The zero-order valence-electron chi connectivity index (χ0n) is 7.32. The van der Waals surface area contributed by atoms with E-state index in [1.165, 1.54) is 6.08 Å². The van der Waals surface area contributed by atoms with Crippen molar-refractivity contribution >= 4 is 11.9 Å². The van der Waals surface area contributed by atoms with Crippen LogP contribution in [0, 0.1) is 0 Å². The van der Waals surface area contributed by atoms with Crippen LogP contribution in [0.25, 0.3) is 0 Å². The van der Waals surface area contributed by atoms with Crippen LogP contribution in [0.15, 0.2) is 12.2 Å². The van der Waals surface area contributed by atoms with Crippen LogP contribution in [0.1, 0.15) is 25.7 Å². The monoisotopic (exact) mass is 183 g/mol. The maximum atomic E-state index is 11.0. The van der Waals surface area contributed by atoms with Crippen LogP contribution in [0.3, 0.4) is 0 Å². The van der Waals surface area contributed by atoms with Gasteiger partial charge >= 0.3 is 5.97 Å². The number of carbonyl (C=O) groups is 2. The molecule has 1 heterocycles. The van der Waals surface area contributed by atoms with Gasteiger partial charge in [0.2, 0.25) is 5.91 Å². The summed E-state index contributed by atoms with van der Waals surface area (Å²) in [5.74, 6) is -0.962. The number of carboxylic acid groups (broad SMARTS) is 1. The van der Waals surface area contributed by atoms with E-state index in [0.29, 0.717) is 6.42 Å². The Bertz CT molecular complexity index is 235. The second-order valence-electron chi connectivity index (χ2n) is 3.12. The number of nitrogens with one attached hydrogen (secondary N) is 1. The summed E-state index contributed by atoms with van der Waals surface area (Å²) in [6.07, 6.45) is 5.85. The Morgan fingerprint density at radius 2 is 2.31 bits per heavy atom. The highest BCUT2D eigenvalue weighted by atomic mass is 16.4. The largest absolute Gasteiger partial charge is 0.478 e. The molecule has 72 valence electrons. The van der Waals surface area contributed by atoms with E-state index < -0.39 is 5.97 Å². The van der Waals surface area contributed by atoms with Gasteiger partial charge < -0.3 is 10.4 Å². The van der Waals surface area contributed by atoms with Crippen molar-refractivity contribution in [2.24, 2.45) is 0 Å². The molecule has 1 amide bonds. The summed E-state index contributed by atoms with van der Waals surface area (Å²) in [4.78, 5) is 21.3. The lowest BCUT2D eigenvalue weighted by Crippen LogP contribution is -2.31. The molecule has 4 heteroatoms. The predicted molar refractivity (Wildman–Crippen MR) is 47.2 cm³/mol. The molecule has 1 aliphatic heterocycles. The van der Waals surface area contributed by atoms with Crippen LogP contribution >= 0.6 is 0 Å². The van der Waals surface area contributed by atoms with Crippen molar-refractivity contribution in [1.82, 2.24) is 5.32 Å². The first-order valence-electron chi connectivity index (χ1n) is 4.39. The molecule has 1 atom stereocenters. The Kier molecular flexibility index (Phi) is 3.49. The molecule has 2 N–H and O–H groups in total. The molecule has 0 aromatic rings. The van der Waals surface area contributed by atoms with Crippen molar-refractivity contribution in [3.05, 3.63) is 12.2 Å². The number of hydrogen-bond donors (Lipinski definition) is 2. The summed E-state index contributed by atoms with van der Waals surface area (Å²) < 4.78 is 0. The van der Waals surface area contributed by atoms with E-state index in [4.69, 9.17) is 5.11 Å². The van der Waals surface area contributed by atoms with Crippen LogP contribution in [-0.4, -0.2) is 23.0 Å². The third-order valence-corrected chi connectivity index (χ3v) is 1.99. The Hall–Kier alpha value is -1.32. The first kappa shape index (κ1) is 9.77. The average molecular weight is 183 g/mol. The molecule has 0 aromatic heterocycles. The van der Waals surface area contributed by atoms with E-state index >= 15 is 0 Å². The standard InChI is InChI=1S/C9H13NO3/c11-8-4-2-1-3-7(10-8)5-6-9(12)13/h5-7H,1-4H2,(H,10,11)(H,12,13). The van der Waals surface area contributed by atoms with Gasteiger partial charge in [0.05, 0.1) is 0 Å². The highest BCUT2D eigenvalue weighted by Gasteiger charge is 2.13. The average Bonchev–Trinajstić information content (AvgIpc) is 2.26. The molecule has 0 aromatic carbocycles. The molecule has 1 aliphatic rings. The van der Waals surface area contributed by atoms with Gasteiger partial charge in [0, 0.05) is 18.5 Å². The molecule has 0 aliphatic carbocycles. The van der Waals surface area contributed by atoms with Crippen molar-refractivity contribution in [3.63, 3.8) is 0 Å². The van der Waals surface area contributed by atoms with Crippen molar-refractivity contribution in [1.29, 1.82) is 0 Å². The summed E-state index contributed by atoms with van der Waals surface area (Å²) in [6, 6.07) is -0.105. The van der Waals surface area contributed by atoms with Gasteiger partial charge in [-0.15, -0.1) is 0 Å². The van der Waals surface area contributed by atoms with Gasteiger partial charge in [-0.2, -0.15) is 0 Å². The van der Waals surface area contributed by atoms with Gasteiger partial charge in [-0.3, -0.25) is 4.79 Å². The summed E-state index contributed by atoms with van der Waals surface area (Å²) in [7, 11) is 0. The molecule has 1 fully saturated rings. The fourth-order valence-electron chi connectivity index (χ4n) is 1.34. The summed E-state index contributed by atoms with van der Waals surface area (Å²) in [5, 5.41) is 11.1. The van der Waals surface area contributed by atoms with Crippen molar-refractivity contribution < 1.29 is 14.7 Å². The number of hydrogen-bond acceptors (Lipinski definition) is 2. The fourth-order valence-corrected chi connectivity index (χ4v) is 1.34. The molecule has 1 saturated heterocycles. The summed E-state index contributed by atoms with van der Waals surface area (Å²) >= 11 is 0. The SMILES string of the molecule is O=C(O)C=CC1CCCCC(=O)N1. The van der Waals surface area contributed by atoms with E-state index in [-0.39, 0.29) is 11.9 Å². The van der Waals surface area contributed by atoms with E-state index in [9.17, 15) is 9.59 Å². The van der Waals surface area contributed by atoms with Gasteiger partial charge in [-0.05, 0) is 12.8 Å². The van der Waals surface area contributed by atoms with Gasteiger partial charge in [0.25, 0.3) is 0 Å². The summed E-state index contributed by atoms with van der Waals surface area (Å²) in [5.41, 5.74) is 0. The first-order chi connectivity index (χ1) is 6.18. The van der Waals surface area contributed by atoms with Crippen LogP contribution < -0.4 is 5.32 Å². The van der Waals surface area contributed by atoms with Gasteiger partial charge in [-0.1, -0.05) is 12.5 Å².